The summed E-state index contributed by atoms with van der Waals surface area (Å²) in [5.74, 6) is 2.74. The molecule has 1 heterocycles. The number of hydrogen-bond donors (Lipinski definition) is 0. The zero-order chi connectivity index (χ0) is 21.6. The predicted molar refractivity (Wildman–Crippen MR) is 128 cm³/mol. The number of aromatic nitrogens is 2. The topological polar surface area (TPSA) is 36.3 Å². The lowest BCUT2D eigenvalue weighted by molar-refractivity contribution is 0.302. The van der Waals surface area contributed by atoms with Gasteiger partial charge in [-0.25, -0.2) is 4.98 Å². The fourth-order valence-electron chi connectivity index (χ4n) is 3.77. The van der Waals surface area contributed by atoms with E-state index in [4.69, 9.17) is 14.5 Å². The maximum absolute atomic E-state index is 6.01. The van der Waals surface area contributed by atoms with E-state index in [0.717, 1.165) is 46.9 Å². The maximum Gasteiger partial charge on any atom is 0.133 e. The van der Waals surface area contributed by atoms with Crippen LogP contribution < -0.4 is 9.47 Å². The standard InChI is InChI=1S/C27H28N2O2/c1-20-17-21(2)19-24(18-20)31-16-6-15-29-26-8-5-4-7-25(26)28-27(29)14-11-22-9-12-23(30-3)13-10-22/h4-5,7-14,17-19H,6,15-16H2,1-3H3/b14-11+. The number of ether oxygens (including phenoxy) is 2. The number of hydrogen-bond acceptors (Lipinski definition) is 3. The minimum absolute atomic E-state index is 0.664. The van der Waals surface area contributed by atoms with Gasteiger partial charge in [-0.05, 0) is 79.4 Å². The van der Waals surface area contributed by atoms with E-state index in [1.165, 1.54) is 11.1 Å². The number of rotatable bonds is 8. The molecule has 0 aliphatic carbocycles. The van der Waals surface area contributed by atoms with E-state index in [-0.39, 0.29) is 0 Å². The molecule has 0 amide bonds. The molecular weight excluding hydrogens is 384 g/mol. The highest BCUT2D eigenvalue weighted by atomic mass is 16.5. The Morgan fingerprint density at radius 1 is 0.871 bits per heavy atom. The molecule has 0 N–H and O–H groups in total. The molecule has 0 aliphatic rings. The number of imidazole rings is 1. The van der Waals surface area contributed by atoms with Gasteiger partial charge in [-0.3, -0.25) is 0 Å². The smallest absolute Gasteiger partial charge is 0.133 e. The predicted octanol–water partition coefficient (Wildman–Crippen LogP) is 6.30. The van der Waals surface area contributed by atoms with Crippen molar-refractivity contribution in [3.63, 3.8) is 0 Å². The van der Waals surface area contributed by atoms with Crippen molar-refractivity contribution in [2.45, 2.75) is 26.8 Å². The van der Waals surface area contributed by atoms with Gasteiger partial charge in [-0.1, -0.05) is 36.4 Å². The fraction of sp³-hybridized carbons (Fsp3) is 0.222. The molecule has 0 saturated heterocycles. The van der Waals surface area contributed by atoms with E-state index in [1.807, 2.05) is 30.3 Å². The van der Waals surface area contributed by atoms with Gasteiger partial charge in [0.15, 0.2) is 0 Å². The molecule has 4 nitrogen and oxygen atoms in total. The van der Waals surface area contributed by atoms with Crippen LogP contribution in [0.2, 0.25) is 0 Å². The van der Waals surface area contributed by atoms with Crippen LogP contribution >= 0.6 is 0 Å². The first-order chi connectivity index (χ1) is 15.1. The summed E-state index contributed by atoms with van der Waals surface area (Å²) in [6.07, 6.45) is 5.06. The lowest BCUT2D eigenvalue weighted by atomic mass is 10.1. The number of fused-ring (bicyclic) bond motifs is 1. The second kappa shape index (κ2) is 9.52. The Hall–Kier alpha value is -3.53. The Balaban J connectivity index is 1.48. The molecular formula is C27H28N2O2. The Morgan fingerprint density at radius 2 is 1.61 bits per heavy atom. The van der Waals surface area contributed by atoms with Crippen LogP contribution in [-0.4, -0.2) is 23.3 Å². The lowest BCUT2D eigenvalue weighted by Crippen LogP contribution is -2.06. The van der Waals surface area contributed by atoms with Crippen molar-refractivity contribution in [3.8, 4) is 11.5 Å². The first kappa shape index (κ1) is 20.7. The molecule has 0 saturated carbocycles. The van der Waals surface area contributed by atoms with Crippen LogP contribution in [0.15, 0.2) is 66.7 Å². The van der Waals surface area contributed by atoms with E-state index in [0.29, 0.717) is 6.61 Å². The molecule has 4 rings (SSSR count). The molecule has 4 heteroatoms. The van der Waals surface area contributed by atoms with Crippen molar-refractivity contribution in [2.24, 2.45) is 0 Å². The summed E-state index contributed by atoms with van der Waals surface area (Å²) in [5, 5.41) is 0. The Kier molecular flexibility index (Phi) is 6.37. The van der Waals surface area contributed by atoms with Crippen molar-refractivity contribution < 1.29 is 9.47 Å². The van der Waals surface area contributed by atoms with E-state index >= 15 is 0 Å². The SMILES string of the molecule is COc1ccc(/C=C/c2nc3ccccc3n2CCCOc2cc(C)cc(C)c2)cc1. The third kappa shape index (κ3) is 5.15. The molecule has 0 fully saturated rings. The van der Waals surface area contributed by atoms with Crippen LogP contribution in [0.5, 0.6) is 11.5 Å². The third-order valence-electron chi connectivity index (χ3n) is 5.21. The Morgan fingerprint density at radius 3 is 2.35 bits per heavy atom. The minimum atomic E-state index is 0.664. The van der Waals surface area contributed by atoms with Crippen LogP contribution in [0.1, 0.15) is 28.9 Å². The largest absolute Gasteiger partial charge is 0.497 e. The van der Waals surface area contributed by atoms with Gasteiger partial charge < -0.3 is 14.0 Å². The summed E-state index contributed by atoms with van der Waals surface area (Å²) in [7, 11) is 1.68. The van der Waals surface area contributed by atoms with Crippen LogP contribution in [0.4, 0.5) is 0 Å². The van der Waals surface area contributed by atoms with E-state index in [1.54, 1.807) is 7.11 Å². The van der Waals surface area contributed by atoms with Crippen LogP contribution in [0.3, 0.4) is 0 Å². The Bertz CT molecular complexity index is 1170. The van der Waals surface area contributed by atoms with Gasteiger partial charge in [0.05, 0.1) is 24.8 Å². The van der Waals surface area contributed by atoms with Gasteiger partial charge in [0.25, 0.3) is 0 Å². The summed E-state index contributed by atoms with van der Waals surface area (Å²) in [5.41, 5.74) is 5.70. The van der Waals surface area contributed by atoms with E-state index < -0.39 is 0 Å². The van der Waals surface area contributed by atoms with Gasteiger partial charge in [-0.15, -0.1) is 0 Å². The summed E-state index contributed by atoms with van der Waals surface area (Å²) >= 11 is 0. The van der Waals surface area contributed by atoms with E-state index in [9.17, 15) is 0 Å². The van der Waals surface area contributed by atoms with Crippen molar-refractivity contribution >= 4 is 23.2 Å². The van der Waals surface area contributed by atoms with Crippen LogP contribution in [0.25, 0.3) is 23.2 Å². The summed E-state index contributed by atoms with van der Waals surface area (Å²) in [6, 6.07) is 22.6. The van der Waals surface area contributed by atoms with Gasteiger partial charge in [0, 0.05) is 6.54 Å². The molecule has 3 aromatic carbocycles. The minimum Gasteiger partial charge on any atom is -0.497 e. The molecule has 1 aromatic heterocycles. The summed E-state index contributed by atoms with van der Waals surface area (Å²) in [4.78, 5) is 4.83. The number of nitrogens with zero attached hydrogens (tertiary/aromatic N) is 2. The number of methoxy groups -OCH3 is 1. The highest BCUT2D eigenvalue weighted by Crippen LogP contribution is 2.20. The van der Waals surface area contributed by atoms with Crippen LogP contribution in [-0.2, 0) is 6.54 Å². The number of para-hydroxylation sites is 2. The normalized spacial score (nSPS) is 11.3. The molecule has 0 spiro atoms. The second-order valence-electron chi connectivity index (χ2n) is 7.74. The number of aryl methyl sites for hydroxylation is 3. The molecule has 0 radical (unpaired) electrons. The second-order valence-corrected chi connectivity index (χ2v) is 7.74. The van der Waals surface area contributed by atoms with Crippen molar-refractivity contribution in [2.75, 3.05) is 13.7 Å². The first-order valence-electron chi connectivity index (χ1n) is 10.6. The molecule has 0 aliphatic heterocycles. The highest BCUT2D eigenvalue weighted by molar-refractivity contribution is 5.79. The highest BCUT2D eigenvalue weighted by Gasteiger charge is 2.08. The molecule has 0 unspecified atom stereocenters. The van der Waals surface area contributed by atoms with Crippen LogP contribution in [0, 0.1) is 13.8 Å². The van der Waals surface area contributed by atoms with Crippen molar-refractivity contribution in [1.29, 1.82) is 0 Å². The molecule has 4 aromatic rings. The molecule has 158 valence electrons. The average molecular weight is 413 g/mol. The molecule has 0 bridgehead atoms. The zero-order valence-electron chi connectivity index (χ0n) is 18.3. The lowest BCUT2D eigenvalue weighted by Gasteiger charge is -2.10. The van der Waals surface area contributed by atoms with Gasteiger partial charge >= 0.3 is 0 Å². The van der Waals surface area contributed by atoms with Crippen molar-refractivity contribution in [3.05, 3.63) is 89.2 Å². The zero-order valence-corrected chi connectivity index (χ0v) is 18.3. The summed E-state index contributed by atoms with van der Waals surface area (Å²) < 4.78 is 13.5. The van der Waals surface area contributed by atoms with Gasteiger partial charge in [0.1, 0.15) is 17.3 Å². The Labute approximate surface area is 183 Å². The fourth-order valence-corrected chi connectivity index (χ4v) is 3.77. The van der Waals surface area contributed by atoms with Gasteiger partial charge in [0.2, 0.25) is 0 Å². The monoisotopic (exact) mass is 412 g/mol. The molecule has 0 atom stereocenters. The molecule has 31 heavy (non-hydrogen) atoms. The maximum atomic E-state index is 6.01. The first-order valence-corrected chi connectivity index (χ1v) is 10.6. The average Bonchev–Trinajstić information content (AvgIpc) is 3.12. The quantitative estimate of drug-likeness (QED) is 0.319. The summed E-state index contributed by atoms with van der Waals surface area (Å²) in [6.45, 7) is 5.70. The van der Waals surface area contributed by atoms with E-state index in [2.05, 4.69) is 67.0 Å². The van der Waals surface area contributed by atoms with Gasteiger partial charge in [-0.2, -0.15) is 0 Å². The van der Waals surface area contributed by atoms with Crippen molar-refractivity contribution in [1.82, 2.24) is 9.55 Å². The number of benzene rings is 3. The third-order valence-corrected chi connectivity index (χ3v) is 5.21.